The van der Waals surface area contributed by atoms with E-state index in [2.05, 4.69) is 34.3 Å². The Balaban J connectivity index is 1.94. The van der Waals surface area contributed by atoms with E-state index in [0.29, 0.717) is 19.7 Å². The molecule has 1 saturated heterocycles. The van der Waals surface area contributed by atoms with Crippen molar-refractivity contribution in [1.29, 1.82) is 0 Å². The number of nitrogens with zero attached hydrogens (tertiary/aromatic N) is 3. The summed E-state index contributed by atoms with van der Waals surface area (Å²) in [6, 6.07) is 8.02. The van der Waals surface area contributed by atoms with Crippen molar-refractivity contribution in [3.63, 3.8) is 0 Å². The Labute approximate surface area is 149 Å². The summed E-state index contributed by atoms with van der Waals surface area (Å²) in [6.07, 6.45) is -0.462. The van der Waals surface area contributed by atoms with Crippen LogP contribution in [-0.2, 0) is 9.53 Å². The Morgan fingerprint density at radius 1 is 1.16 bits per heavy atom. The summed E-state index contributed by atoms with van der Waals surface area (Å²) >= 11 is 0. The predicted octanol–water partition coefficient (Wildman–Crippen LogP) is 1.54. The molecule has 1 N–H and O–H groups in total. The van der Waals surface area contributed by atoms with Gasteiger partial charge in [-0.05, 0) is 38.2 Å². The molecule has 7 heteroatoms. The zero-order valence-corrected chi connectivity index (χ0v) is 15.3. The van der Waals surface area contributed by atoms with Crippen LogP contribution in [0.1, 0.15) is 13.8 Å². The van der Waals surface area contributed by atoms with Crippen molar-refractivity contribution in [3.8, 4) is 0 Å². The quantitative estimate of drug-likeness (QED) is 0.845. The third-order valence-corrected chi connectivity index (χ3v) is 4.29. The lowest BCUT2D eigenvalue weighted by Gasteiger charge is -2.34. The highest BCUT2D eigenvalue weighted by Gasteiger charge is 2.16. The molecule has 2 rings (SSSR count). The first-order chi connectivity index (χ1) is 12.0. The molecule has 1 aliphatic heterocycles. The van der Waals surface area contributed by atoms with Gasteiger partial charge in [-0.1, -0.05) is 0 Å². The summed E-state index contributed by atoms with van der Waals surface area (Å²) in [4.78, 5) is 29.6. The number of carbonyl (C=O) groups excluding carboxylic acids is 2. The highest BCUT2D eigenvalue weighted by Crippen LogP contribution is 2.22. The third kappa shape index (κ3) is 5.63. The van der Waals surface area contributed by atoms with E-state index < -0.39 is 6.09 Å². The Morgan fingerprint density at radius 3 is 2.36 bits per heavy atom. The van der Waals surface area contributed by atoms with E-state index in [0.717, 1.165) is 31.9 Å². The van der Waals surface area contributed by atoms with Crippen LogP contribution in [0, 0.1) is 0 Å². The van der Waals surface area contributed by atoms with Crippen LogP contribution in [0.4, 0.5) is 16.2 Å². The minimum atomic E-state index is -0.462. The van der Waals surface area contributed by atoms with Crippen molar-refractivity contribution in [2.75, 3.05) is 62.7 Å². The lowest BCUT2D eigenvalue weighted by atomic mass is 10.2. The second-order valence-electron chi connectivity index (χ2n) is 6.12. The number of amides is 2. The van der Waals surface area contributed by atoms with Gasteiger partial charge in [0.2, 0.25) is 5.91 Å². The van der Waals surface area contributed by atoms with Crippen LogP contribution >= 0.6 is 0 Å². The van der Waals surface area contributed by atoms with Gasteiger partial charge in [-0.25, -0.2) is 4.79 Å². The van der Waals surface area contributed by atoms with Gasteiger partial charge < -0.3 is 24.8 Å². The lowest BCUT2D eigenvalue weighted by molar-refractivity contribution is -0.116. The van der Waals surface area contributed by atoms with E-state index in [4.69, 9.17) is 4.74 Å². The van der Waals surface area contributed by atoms with E-state index in [1.54, 1.807) is 11.8 Å². The smallest absolute Gasteiger partial charge is 0.407 e. The molecule has 0 spiro atoms. The number of alkyl carbamates (subject to hydrolysis) is 1. The van der Waals surface area contributed by atoms with Gasteiger partial charge >= 0.3 is 6.09 Å². The zero-order valence-electron chi connectivity index (χ0n) is 15.3. The fourth-order valence-electron chi connectivity index (χ4n) is 2.83. The summed E-state index contributed by atoms with van der Waals surface area (Å²) in [5, 5.41) is 2.64. The second kappa shape index (κ2) is 9.27. The van der Waals surface area contributed by atoms with Crippen LogP contribution in [0.3, 0.4) is 0 Å². The molecule has 0 atom stereocenters. The predicted molar refractivity (Wildman–Crippen MR) is 99.2 cm³/mol. The van der Waals surface area contributed by atoms with Crippen molar-refractivity contribution >= 4 is 23.4 Å². The van der Waals surface area contributed by atoms with Gasteiger partial charge in [0.25, 0.3) is 0 Å². The van der Waals surface area contributed by atoms with Gasteiger partial charge in [-0.3, -0.25) is 4.79 Å². The molecular weight excluding hydrogens is 320 g/mol. The number of piperazine rings is 1. The van der Waals surface area contributed by atoms with Gasteiger partial charge in [0.05, 0.1) is 6.61 Å². The van der Waals surface area contributed by atoms with Gasteiger partial charge in [-0.15, -0.1) is 0 Å². The van der Waals surface area contributed by atoms with Gasteiger partial charge in [0.15, 0.2) is 0 Å². The normalized spacial score (nSPS) is 14.9. The number of likely N-dealkylation sites (N-methyl/N-ethyl adjacent to an activating group) is 1. The molecule has 0 bridgehead atoms. The van der Waals surface area contributed by atoms with Crippen LogP contribution in [0.2, 0.25) is 0 Å². The van der Waals surface area contributed by atoms with E-state index >= 15 is 0 Å². The minimum absolute atomic E-state index is 0.0574. The first-order valence-corrected chi connectivity index (χ1v) is 8.73. The number of nitrogens with one attached hydrogen (secondary N) is 1. The molecule has 1 aliphatic rings. The van der Waals surface area contributed by atoms with E-state index in [9.17, 15) is 9.59 Å². The Morgan fingerprint density at radius 2 is 1.80 bits per heavy atom. The highest BCUT2D eigenvalue weighted by molar-refractivity contribution is 5.91. The summed E-state index contributed by atoms with van der Waals surface area (Å²) in [5.74, 6) is -0.0574. The number of ether oxygens (including phenoxy) is 1. The molecule has 1 aromatic carbocycles. The second-order valence-corrected chi connectivity index (χ2v) is 6.12. The topological polar surface area (TPSA) is 65.1 Å². The number of anilines is 2. The molecule has 7 nitrogen and oxygen atoms in total. The zero-order chi connectivity index (χ0) is 18.2. The van der Waals surface area contributed by atoms with Gasteiger partial charge in [0.1, 0.15) is 0 Å². The molecule has 138 valence electrons. The molecule has 1 heterocycles. The maximum absolute atomic E-state index is 11.9. The van der Waals surface area contributed by atoms with Crippen LogP contribution in [-0.4, -0.2) is 69.8 Å². The molecule has 25 heavy (non-hydrogen) atoms. The van der Waals surface area contributed by atoms with Crippen molar-refractivity contribution in [2.24, 2.45) is 0 Å². The first-order valence-electron chi connectivity index (χ1n) is 8.73. The first kappa shape index (κ1) is 19.1. The fourth-order valence-corrected chi connectivity index (χ4v) is 2.83. The summed E-state index contributed by atoms with van der Waals surface area (Å²) in [7, 11) is 2.13. The Bertz CT molecular complexity index is 568. The average molecular weight is 348 g/mol. The molecule has 1 aromatic rings. The van der Waals surface area contributed by atoms with Crippen molar-refractivity contribution in [2.45, 2.75) is 13.8 Å². The Kier molecular flexibility index (Phi) is 7.06. The lowest BCUT2D eigenvalue weighted by Crippen LogP contribution is -2.44. The number of rotatable bonds is 6. The number of hydrogen-bond donors (Lipinski definition) is 1. The number of carbonyl (C=O) groups is 2. The number of hydrogen-bond acceptors (Lipinski definition) is 5. The maximum atomic E-state index is 11.9. The molecule has 0 unspecified atom stereocenters. The third-order valence-electron chi connectivity index (χ3n) is 4.29. The minimum Gasteiger partial charge on any atom is -0.450 e. The summed E-state index contributed by atoms with van der Waals surface area (Å²) in [5.41, 5.74) is 2.00. The average Bonchev–Trinajstić information content (AvgIpc) is 2.60. The van der Waals surface area contributed by atoms with Crippen LogP contribution in [0.15, 0.2) is 24.3 Å². The summed E-state index contributed by atoms with van der Waals surface area (Å²) < 4.78 is 4.82. The largest absolute Gasteiger partial charge is 0.450 e. The van der Waals surface area contributed by atoms with Crippen molar-refractivity contribution < 1.29 is 14.3 Å². The van der Waals surface area contributed by atoms with Crippen LogP contribution in [0.25, 0.3) is 0 Å². The fraction of sp³-hybridized carbons (Fsp3) is 0.556. The van der Waals surface area contributed by atoms with Gasteiger partial charge in [0, 0.05) is 57.6 Å². The van der Waals surface area contributed by atoms with E-state index in [1.807, 2.05) is 12.1 Å². The molecule has 0 radical (unpaired) electrons. The molecule has 0 aromatic heterocycles. The van der Waals surface area contributed by atoms with Gasteiger partial charge in [-0.2, -0.15) is 0 Å². The Hall–Kier alpha value is -2.28. The number of benzene rings is 1. The molecule has 2 amide bonds. The standard InChI is InChI=1S/C18H28N4O3/c1-4-25-18(24)19-9-10-22(15(2)23)17-7-5-16(6-8-17)21-13-11-20(3)12-14-21/h5-8H,4,9-14H2,1-3H3,(H,19,24). The molecule has 0 saturated carbocycles. The van der Waals surface area contributed by atoms with Crippen molar-refractivity contribution in [1.82, 2.24) is 10.2 Å². The molecule has 1 fully saturated rings. The van der Waals surface area contributed by atoms with Crippen LogP contribution < -0.4 is 15.1 Å². The van der Waals surface area contributed by atoms with Crippen LogP contribution in [0.5, 0.6) is 0 Å². The molecular formula is C18H28N4O3. The van der Waals surface area contributed by atoms with Crippen molar-refractivity contribution in [3.05, 3.63) is 24.3 Å². The van der Waals surface area contributed by atoms with E-state index in [1.165, 1.54) is 12.6 Å². The summed E-state index contributed by atoms with van der Waals surface area (Å²) in [6.45, 7) is 8.49. The SMILES string of the molecule is CCOC(=O)NCCN(C(C)=O)c1ccc(N2CCN(C)CC2)cc1. The monoisotopic (exact) mass is 348 g/mol. The molecule has 0 aliphatic carbocycles. The maximum Gasteiger partial charge on any atom is 0.407 e. The highest BCUT2D eigenvalue weighted by atomic mass is 16.5. The van der Waals surface area contributed by atoms with E-state index in [-0.39, 0.29) is 5.91 Å².